The van der Waals surface area contributed by atoms with Crippen LogP contribution in [-0.4, -0.2) is 25.8 Å². The van der Waals surface area contributed by atoms with E-state index in [-0.39, 0.29) is 11.7 Å². The molecule has 0 spiro atoms. The van der Waals surface area contributed by atoms with Crippen LogP contribution in [0.2, 0.25) is 0 Å². The fourth-order valence-electron chi connectivity index (χ4n) is 2.54. The predicted molar refractivity (Wildman–Crippen MR) is 82.8 cm³/mol. The Bertz CT molecular complexity index is 744. The Morgan fingerprint density at radius 2 is 2.00 bits per heavy atom. The first-order valence-electron chi connectivity index (χ1n) is 7.21. The van der Waals surface area contributed by atoms with Crippen molar-refractivity contribution in [1.82, 2.24) is 14.8 Å². The molecule has 1 aliphatic heterocycles. The van der Waals surface area contributed by atoms with E-state index < -0.39 is 5.97 Å². The summed E-state index contributed by atoms with van der Waals surface area (Å²) in [5.74, 6) is 0.508. The molecule has 0 saturated heterocycles. The number of benzene rings is 1. The van der Waals surface area contributed by atoms with Crippen molar-refractivity contribution in [2.24, 2.45) is 0 Å². The molecule has 1 aliphatic rings. The highest BCUT2D eigenvalue weighted by Crippen LogP contribution is 2.29. The fraction of sp³-hybridized carbons (Fsp3) is 0.312. The van der Waals surface area contributed by atoms with Gasteiger partial charge >= 0.3 is 5.97 Å². The van der Waals surface area contributed by atoms with Crippen molar-refractivity contribution in [3.8, 4) is 0 Å². The molecule has 0 radical (unpaired) electrons. The van der Waals surface area contributed by atoms with E-state index in [9.17, 15) is 9.90 Å². The lowest BCUT2D eigenvalue weighted by Gasteiger charge is -2.22. The van der Waals surface area contributed by atoms with Crippen LogP contribution in [0.1, 0.15) is 42.8 Å². The summed E-state index contributed by atoms with van der Waals surface area (Å²) in [5, 5.41) is 16.4. The van der Waals surface area contributed by atoms with Crippen LogP contribution < -0.4 is 5.32 Å². The maximum Gasteiger partial charge on any atom is 0.352 e. The average Bonchev–Trinajstić information content (AvgIpc) is 2.86. The van der Waals surface area contributed by atoms with Gasteiger partial charge in [-0.05, 0) is 30.0 Å². The SMILES string of the molecule is Cc1nc2n(n1)[C@H](c1ccc(C(C)C)cc1)C=C(C(=O)O)N2. The Labute approximate surface area is 128 Å². The van der Waals surface area contributed by atoms with Crippen LogP contribution >= 0.6 is 0 Å². The van der Waals surface area contributed by atoms with Crippen molar-refractivity contribution in [2.45, 2.75) is 32.7 Å². The third-order valence-corrected chi connectivity index (χ3v) is 3.75. The van der Waals surface area contributed by atoms with Gasteiger partial charge in [-0.1, -0.05) is 38.1 Å². The highest BCUT2D eigenvalue weighted by atomic mass is 16.4. The number of aryl methyl sites for hydroxylation is 1. The lowest BCUT2D eigenvalue weighted by atomic mass is 9.98. The van der Waals surface area contributed by atoms with Crippen molar-refractivity contribution in [1.29, 1.82) is 0 Å². The summed E-state index contributed by atoms with van der Waals surface area (Å²) in [6, 6.07) is 7.90. The smallest absolute Gasteiger partial charge is 0.352 e. The van der Waals surface area contributed by atoms with Gasteiger partial charge in [0.15, 0.2) is 0 Å². The summed E-state index contributed by atoms with van der Waals surface area (Å²) in [6.07, 6.45) is 1.66. The molecular weight excluding hydrogens is 280 g/mol. The van der Waals surface area contributed by atoms with E-state index in [1.54, 1.807) is 17.7 Å². The number of rotatable bonds is 3. The number of aromatic nitrogens is 3. The lowest BCUT2D eigenvalue weighted by Crippen LogP contribution is -2.24. The minimum Gasteiger partial charge on any atom is -0.477 e. The number of carboxylic acids is 1. The van der Waals surface area contributed by atoms with Crippen molar-refractivity contribution >= 4 is 11.9 Å². The molecule has 114 valence electrons. The highest BCUT2D eigenvalue weighted by molar-refractivity contribution is 5.90. The molecule has 1 aromatic carbocycles. The first-order valence-corrected chi connectivity index (χ1v) is 7.21. The normalized spacial score (nSPS) is 16.9. The average molecular weight is 298 g/mol. The summed E-state index contributed by atoms with van der Waals surface area (Å²) >= 11 is 0. The molecule has 2 N–H and O–H groups in total. The molecule has 0 saturated carbocycles. The second kappa shape index (κ2) is 5.29. The van der Waals surface area contributed by atoms with E-state index in [2.05, 4.69) is 41.4 Å². The zero-order valence-electron chi connectivity index (χ0n) is 12.7. The largest absolute Gasteiger partial charge is 0.477 e. The van der Waals surface area contributed by atoms with E-state index in [1.807, 2.05) is 12.1 Å². The van der Waals surface area contributed by atoms with Gasteiger partial charge in [-0.25, -0.2) is 9.48 Å². The number of hydrogen-bond acceptors (Lipinski definition) is 4. The van der Waals surface area contributed by atoms with Crippen molar-refractivity contribution < 1.29 is 9.90 Å². The summed E-state index contributed by atoms with van der Waals surface area (Å²) in [4.78, 5) is 15.5. The molecule has 2 aromatic rings. The number of nitrogens with zero attached hydrogens (tertiary/aromatic N) is 3. The lowest BCUT2D eigenvalue weighted by molar-refractivity contribution is -0.132. The van der Waals surface area contributed by atoms with E-state index in [0.29, 0.717) is 17.7 Å². The number of fused-ring (bicyclic) bond motifs is 1. The Balaban J connectivity index is 2.05. The second-order valence-electron chi connectivity index (χ2n) is 5.70. The predicted octanol–water partition coefficient (Wildman–Crippen LogP) is 2.69. The van der Waals surface area contributed by atoms with E-state index in [1.165, 1.54) is 5.56 Å². The molecule has 1 atom stereocenters. The minimum absolute atomic E-state index is 0.123. The van der Waals surface area contributed by atoms with Gasteiger partial charge in [-0.3, -0.25) is 0 Å². The molecule has 2 heterocycles. The minimum atomic E-state index is -1.00. The molecule has 1 aromatic heterocycles. The summed E-state index contributed by atoms with van der Waals surface area (Å²) in [5.41, 5.74) is 2.35. The Kier molecular flexibility index (Phi) is 3.44. The van der Waals surface area contributed by atoms with Gasteiger partial charge in [-0.15, -0.1) is 0 Å². The van der Waals surface area contributed by atoms with Crippen molar-refractivity contribution in [2.75, 3.05) is 5.32 Å². The molecule has 0 amide bonds. The van der Waals surface area contributed by atoms with E-state index >= 15 is 0 Å². The number of allylic oxidation sites excluding steroid dienone is 1. The number of carboxylic acid groups (broad SMARTS) is 1. The Morgan fingerprint density at radius 1 is 1.32 bits per heavy atom. The molecular formula is C16H18N4O2. The van der Waals surface area contributed by atoms with E-state index in [4.69, 9.17) is 0 Å². The van der Waals surface area contributed by atoms with Crippen molar-refractivity contribution in [3.63, 3.8) is 0 Å². The first kappa shape index (κ1) is 14.3. The van der Waals surface area contributed by atoms with Gasteiger partial charge in [-0.2, -0.15) is 10.1 Å². The van der Waals surface area contributed by atoms with Gasteiger partial charge in [0.05, 0.1) is 0 Å². The van der Waals surface area contributed by atoms with Crippen LogP contribution in [0.5, 0.6) is 0 Å². The number of carbonyl (C=O) groups is 1. The topological polar surface area (TPSA) is 80.0 Å². The van der Waals surface area contributed by atoms with Crippen LogP contribution in [0, 0.1) is 6.92 Å². The molecule has 0 bridgehead atoms. The Morgan fingerprint density at radius 3 is 2.59 bits per heavy atom. The molecule has 0 unspecified atom stereocenters. The summed E-state index contributed by atoms with van der Waals surface area (Å²) in [7, 11) is 0. The summed E-state index contributed by atoms with van der Waals surface area (Å²) in [6.45, 7) is 6.06. The van der Waals surface area contributed by atoms with Crippen molar-refractivity contribution in [3.05, 3.63) is 53.0 Å². The number of aliphatic carboxylic acids is 1. The molecule has 22 heavy (non-hydrogen) atoms. The zero-order valence-corrected chi connectivity index (χ0v) is 12.7. The van der Waals surface area contributed by atoms with Crippen LogP contribution in [0.25, 0.3) is 0 Å². The molecule has 6 nitrogen and oxygen atoms in total. The fourth-order valence-corrected chi connectivity index (χ4v) is 2.54. The van der Waals surface area contributed by atoms with Gasteiger partial charge in [0.1, 0.15) is 17.6 Å². The van der Waals surface area contributed by atoms with Crippen LogP contribution in [0.3, 0.4) is 0 Å². The monoisotopic (exact) mass is 298 g/mol. The molecule has 6 heteroatoms. The molecule has 0 fully saturated rings. The zero-order chi connectivity index (χ0) is 15.9. The highest BCUT2D eigenvalue weighted by Gasteiger charge is 2.26. The van der Waals surface area contributed by atoms with Crippen LogP contribution in [0.15, 0.2) is 36.0 Å². The van der Waals surface area contributed by atoms with Gasteiger partial charge in [0, 0.05) is 0 Å². The van der Waals surface area contributed by atoms with E-state index in [0.717, 1.165) is 5.56 Å². The number of anilines is 1. The van der Waals surface area contributed by atoms with Crippen LogP contribution in [-0.2, 0) is 4.79 Å². The molecule has 0 aliphatic carbocycles. The van der Waals surface area contributed by atoms with Gasteiger partial charge < -0.3 is 10.4 Å². The standard InChI is InChI=1S/C16H18N4O2/c1-9(2)11-4-6-12(7-5-11)14-8-13(15(21)22)18-16-17-10(3)19-20(14)16/h4-9,14H,1-3H3,(H,21,22)(H,17,18,19)/t14-/m0/s1. The molecule has 3 rings (SSSR count). The third-order valence-electron chi connectivity index (χ3n) is 3.75. The third kappa shape index (κ3) is 2.47. The Hall–Kier alpha value is -2.63. The van der Waals surface area contributed by atoms with Gasteiger partial charge in [0.2, 0.25) is 5.95 Å². The maximum atomic E-state index is 11.3. The first-order chi connectivity index (χ1) is 10.5. The quantitative estimate of drug-likeness (QED) is 0.910. The summed E-state index contributed by atoms with van der Waals surface area (Å²) < 4.78 is 1.71. The number of hydrogen-bond donors (Lipinski definition) is 2. The van der Waals surface area contributed by atoms with Gasteiger partial charge in [0.25, 0.3) is 0 Å². The number of nitrogens with one attached hydrogen (secondary N) is 1. The second-order valence-corrected chi connectivity index (χ2v) is 5.70. The maximum absolute atomic E-state index is 11.3. The van der Waals surface area contributed by atoms with Crippen LogP contribution in [0.4, 0.5) is 5.95 Å².